The van der Waals surface area contributed by atoms with E-state index in [9.17, 15) is 0 Å². The maximum absolute atomic E-state index is 5.51. The van der Waals surface area contributed by atoms with Crippen LogP contribution < -0.4 is 29.2 Å². The van der Waals surface area contributed by atoms with Gasteiger partial charge in [-0.3, -0.25) is 0 Å². The van der Waals surface area contributed by atoms with Gasteiger partial charge in [0.25, 0.3) is 0 Å². The fourth-order valence-electron chi connectivity index (χ4n) is 3.54. The molecule has 0 saturated heterocycles. The molecule has 2 N–H and O–H groups in total. The number of methoxy groups -OCH3 is 2. The van der Waals surface area contributed by atoms with Crippen molar-refractivity contribution >= 4 is 23.1 Å². The fourth-order valence-corrected chi connectivity index (χ4v) is 3.54. The van der Waals surface area contributed by atoms with Crippen molar-refractivity contribution in [1.29, 1.82) is 0 Å². The summed E-state index contributed by atoms with van der Waals surface area (Å²) in [6, 6.07) is 15.0. The molecule has 0 atom stereocenters. The summed E-state index contributed by atoms with van der Waals surface area (Å²) in [6.07, 6.45) is 1.74. The Hall–Kier alpha value is -4.47. The van der Waals surface area contributed by atoms with E-state index < -0.39 is 0 Å². The molecule has 10 heteroatoms. The molecule has 5 rings (SSSR count). The van der Waals surface area contributed by atoms with E-state index in [0.29, 0.717) is 40.5 Å². The summed E-state index contributed by atoms with van der Waals surface area (Å²) < 4.78 is 21.7. The summed E-state index contributed by atoms with van der Waals surface area (Å²) in [4.78, 5) is 9.75. The highest BCUT2D eigenvalue weighted by Gasteiger charge is 2.19. The van der Waals surface area contributed by atoms with Crippen molar-refractivity contribution in [2.45, 2.75) is 0 Å². The van der Waals surface area contributed by atoms with E-state index in [-0.39, 0.29) is 6.79 Å². The molecule has 4 aromatic rings. The summed E-state index contributed by atoms with van der Waals surface area (Å²) in [5, 5.41) is 11.8. The average molecular weight is 446 g/mol. The van der Waals surface area contributed by atoms with Gasteiger partial charge < -0.3 is 34.1 Å². The lowest BCUT2D eigenvalue weighted by Crippen LogP contribution is -2.12. The van der Waals surface area contributed by atoms with E-state index in [0.717, 1.165) is 17.0 Å². The Labute approximate surface area is 190 Å². The lowest BCUT2D eigenvalue weighted by Gasteiger charge is -2.20. The molecule has 0 bridgehead atoms. The quantitative estimate of drug-likeness (QED) is 0.433. The third-order valence-electron chi connectivity index (χ3n) is 5.25. The Morgan fingerprint density at radius 2 is 1.88 bits per heavy atom. The van der Waals surface area contributed by atoms with E-state index >= 15 is 0 Å². The van der Waals surface area contributed by atoms with Crippen molar-refractivity contribution in [2.75, 3.05) is 38.3 Å². The summed E-state index contributed by atoms with van der Waals surface area (Å²) in [5.41, 5.74) is 2.39. The molecule has 0 saturated carbocycles. The Kier molecular flexibility index (Phi) is 5.31. The Morgan fingerprint density at radius 1 is 1.00 bits per heavy atom. The molecule has 10 nitrogen and oxygen atoms in total. The number of nitrogens with zero attached hydrogens (tertiary/aromatic N) is 4. The van der Waals surface area contributed by atoms with Crippen LogP contribution in [-0.4, -0.2) is 48.2 Å². The molecule has 0 unspecified atom stereocenters. The number of hydrogen-bond donors (Lipinski definition) is 2. The second kappa shape index (κ2) is 8.58. The topological polar surface area (TPSA) is 107 Å². The lowest BCUT2D eigenvalue weighted by molar-refractivity contribution is 0.174. The second-order valence-electron chi connectivity index (χ2n) is 7.18. The van der Waals surface area contributed by atoms with E-state index in [1.165, 1.54) is 0 Å². The van der Waals surface area contributed by atoms with E-state index in [1.807, 2.05) is 60.5 Å². The SMILES string of the molecule is COc1ccc(OC)c(Nc2nnc(-c3cccnc3N(C)c3ccc4c(c3)OCO4)[nH]2)c1. The Balaban J connectivity index is 1.44. The zero-order valence-corrected chi connectivity index (χ0v) is 18.3. The number of H-pyrrole nitrogens is 1. The molecule has 0 radical (unpaired) electrons. The zero-order chi connectivity index (χ0) is 22.8. The van der Waals surface area contributed by atoms with Crippen LogP contribution in [0.2, 0.25) is 0 Å². The van der Waals surface area contributed by atoms with Gasteiger partial charge in [-0.15, -0.1) is 10.2 Å². The normalized spacial score (nSPS) is 11.8. The molecule has 0 aliphatic carbocycles. The van der Waals surface area contributed by atoms with Crippen LogP contribution in [0.4, 0.5) is 23.1 Å². The smallest absolute Gasteiger partial charge is 0.231 e. The van der Waals surface area contributed by atoms with Crippen LogP contribution in [0.25, 0.3) is 11.4 Å². The highest BCUT2D eigenvalue weighted by Crippen LogP contribution is 2.38. The summed E-state index contributed by atoms with van der Waals surface area (Å²) >= 11 is 0. The predicted molar refractivity (Wildman–Crippen MR) is 123 cm³/mol. The molecule has 2 aromatic carbocycles. The summed E-state index contributed by atoms with van der Waals surface area (Å²) in [5.74, 6) is 4.50. The summed E-state index contributed by atoms with van der Waals surface area (Å²) in [6.45, 7) is 0.225. The minimum absolute atomic E-state index is 0.225. The highest BCUT2D eigenvalue weighted by molar-refractivity contribution is 5.77. The second-order valence-corrected chi connectivity index (χ2v) is 7.18. The van der Waals surface area contributed by atoms with Gasteiger partial charge in [-0.05, 0) is 36.4 Å². The number of hydrogen-bond acceptors (Lipinski definition) is 9. The van der Waals surface area contributed by atoms with E-state index in [2.05, 4.69) is 25.5 Å². The van der Waals surface area contributed by atoms with Crippen LogP contribution in [0.15, 0.2) is 54.7 Å². The first-order valence-corrected chi connectivity index (χ1v) is 10.2. The zero-order valence-electron chi connectivity index (χ0n) is 18.3. The van der Waals surface area contributed by atoms with Crippen LogP contribution in [-0.2, 0) is 0 Å². The van der Waals surface area contributed by atoms with Crippen molar-refractivity contribution < 1.29 is 18.9 Å². The predicted octanol–water partition coefficient (Wildman–Crippen LogP) is 4.12. The molecule has 33 heavy (non-hydrogen) atoms. The van der Waals surface area contributed by atoms with Gasteiger partial charge in [0.1, 0.15) is 17.3 Å². The van der Waals surface area contributed by atoms with Gasteiger partial charge in [0.15, 0.2) is 17.3 Å². The standard InChI is InChI=1S/C23H22N6O4/c1-29(14-6-8-19-20(11-14)33-13-32-19)22-16(5-4-10-24-22)21-26-23(28-27-21)25-17-12-15(30-2)7-9-18(17)31-3/h4-12H,13H2,1-3H3,(H2,25,26,27,28). The minimum Gasteiger partial charge on any atom is -0.497 e. The first-order valence-electron chi connectivity index (χ1n) is 10.2. The fraction of sp³-hybridized carbons (Fsp3) is 0.174. The molecule has 3 heterocycles. The van der Waals surface area contributed by atoms with Gasteiger partial charge in [-0.2, -0.15) is 0 Å². The van der Waals surface area contributed by atoms with Crippen molar-refractivity contribution in [3.8, 4) is 34.4 Å². The van der Waals surface area contributed by atoms with Crippen LogP contribution in [0.5, 0.6) is 23.0 Å². The van der Waals surface area contributed by atoms with Gasteiger partial charge in [-0.25, -0.2) is 4.98 Å². The van der Waals surface area contributed by atoms with Crippen molar-refractivity contribution in [1.82, 2.24) is 20.2 Å². The maximum atomic E-state index is 5.51. The van der Waals surface area contributed by atoms with Gasteiger partial charge in [-0.1, -0.05) is 0 Å². The van der Waals surface area contributed by atoms with E-state index in [4.69, 9.17) is 18.9 Å². The number of nitrogens with one attached hydrogen (secondary N) is 2. The molecule has 1 aliphatic heterocycles. The van der Waals surface area contributed by atoms with Gasteiger partial charge >= 0.3 is 0 Å². The van der Waals surface area contributed by atoms with Crippen LogP contribution in [0.3, 0.4) is 0 Å². The van der Waals surface area contributed by atoms with Gasteiger partial charge in [0, 0.05) is 31.1 Å². The molecular weight excluding hydrogens is 424 g/mol. The number of aromatic amines is 1. The number of fused-ring (bicyclic) bond motifs is 1. The molecule has 1 aliphatic rings. The number of rotatable bonds is 7. The number of benzene rings is 2. The number of anilines is 4. The monoisotopic (exact) mass is 446 g/mol. The van der Waals surface area contributed by atoms with Gasteiger partial charge in [0.05, 0.1) is 25.5 Å². The highest BCUT2D eigenvalue weighted by atomic mass is 16.7. The van der Waals surface area contributed by atoms with Crippen LogP contribution in [0.1, 0.15) is 0 Å². The molecule has 0 fully saturated rings. The van der Waals surface area contributed by atoms with Crippen molar-refractivity contribution in [2.24, 2.45) is 0 Å². The molecule has 0 amide bonds. The number of pyridine rings is 1. The van der Waals surface area contributed by atoms with Crippen molar-refractivity contribution in [3.05, 3.63) is 54.7 Å². The molecule has 168 valence electrons. The van der Waals surface area contributed by atoms with Crippen molar-refractivity contribution in [3.63, 3.8) is 0 Å². The van der Waals surface area contributed by atoms with E-state index in [1.54, 1.807) is 20.4 Å². The molecule has 2 aromatic heterocycles. The average Bonchev–Trinajstić information content (AvgIpc) is 3.52. The minimum atomic E-state index is 0.225. The molecule has 0 spiro atoms. The molecular formula is C23H22N6O4. The first-order chi connectivity index (χ1) is 16.2. The Morgan fingerprint density at radius 3 is 2.73 bits per heavy atom. The maximum Gasteiger partial charge on any atom is 0.231 e. The lowest BCUT2D eigenvalue weighted by atomic mass is 10.2. The van der Waals surface area contributed by atoms with Gasteiger partial charge in [0.2, 0.25) is 12.7 Å². The largest absolute Gasteiger partial charge is 0.497 e. The number of ether oxygens (including phenoxy) is 4. The first kappa shape index (κ1) is 20.4. The third kappa shape index (κ3) is 3.93. The summed E-state index contributed by atoms with van der Waals surface area (Å²) in [7, 11) is 5.14. The third-order valence-corrected chi connectivity index (χ3v) is 5.25. The van der Waals surface area contributed by atoms with Crippen LogP contribution >= 0.6 is 0 Å². The number of aromatic nitrogens is 4. The van der Waals surface area contributed by atoms with Crippen LogP contribution in [0, 0.1) is 0 Å². The Bertz CT molecular complexity index is 1290.